The highest BCUT2D eigenvalue weighted by Crippen LogP contribution is 2.27. The summed E-state index contributed by atoms with van der Waals surface area (Å²) in [4.78, 5) is 29.6. The second kappa shape index (κ2) is 8.67. The number of urea groups is 1. The number of pyridine rings is 1. The zero-order valence-corrected chi connectivity index (χ0v) is 20.7. The molecule has 0 saturated carbocycles. The lowest BCUT2D eigenvalue weighted by atomic mass is 10.1. The molecular formula is C21H12Cl2N4O4S3. The number of rotatable bonds is 4. The lowest BCUT2D eigenvalue weighted by molar-refractivity contribution is 0.256. The van der Waals surface area contributed by atoms with Crippen LogP contribution < -0.4 is 15.6 Å². The van der Waals surface area contributed by atoms with Gasteiger partial charge in [0.05, 0.1) is 30.8 Å². The third-order valence-corrected chi connectivity index (χ3v) is 9.01. The summed E-state index contributed by atoms with van der Waals surface area (Å²) in [6.45, 7) is 0. The van der Waals surface area contributed by atoms with Crippen molar-refractivity contribution in [2.24, 2.45) is 0 Å². The Bertz CT molecular complexity index is 1760. The van der Waals surface area contributed by atoms with E-state index in [-0.39, 0.29) is 24.8 Å². The topological polar surface area (TPSA) is 110 Å². The molecule has 0 aliphatic heterocycles. The number of hydrogen-bond donors (Lipinski definition) is 2. The Balaban J connectivity index is 1.41. The first kappa shape index (κ1) is 22.8. The summed E-state index contributed by atoms with van der Waals surface area (Å²) in [6.07, 6.45) is 1.61. The molecule has 34 heavy (non-hydrogen) atoms. The molecule has 0 radical (unpaired) electrons. The van der Waals surface area contributed by atoms with Crippen LogP contribution in [0.1, 0.15) is 0 Å². The highest BCUT2D eigenvalue weighted by Gasteiger charge is 2.20. The molecule has 2 aromatic carbocycles. The smallest absolute Gasteiger partial charge is 0.307 e. The molecule has 0 bridgehead atoms. The summed E-state index contributed by atoms with van der Waals surface area (Å²) < 4.78 is 29.0. The molecular weight excluding hydrogens is 539 g/mol. The zero-order valence-electron chi connectivity index (χ0n) is 16.8. The van der Waals surface area contributed by atoms with Crippen molar-refractivity contribution in [1.29, 1.82) is 0 Å². The molecule has 8 nitrogen and oxygen atoms in total. The summed E-state index contributed by atoms with van der Waals surface area (Å²) in [5.41, 5.74) is 2.94. The summed E-state index contributed by atoms with van der Waals surface area (Å²) in [5, 5.41) is 3.89. The molecule has 2 amide bonds. The van der Waals surface area contributed by atoms with Crippen LogP contribution in [0.15, 0.2) is 69.2 Å². The predicted molar refractivity (Wildman–Crippen MR) is 136 cm³/mol. The fraction of sp³-hybridized carbons (Fsp3) is 0. The third-order valence-electron chi connectivity index (χ3n) is 4.86. The van der Waals surface area contributed by atoms with Gasteiger partial charge in [0.25, 0.3) is 15.6 Å². The lowest BCUT2D eigenvalue weighted by Crippen LogP contribution is -2.33. The molecule has 0 atom stereocenters. The first-order chi connectivity index (χ1) is 16.2. The lowest BCUT2D eigenvalue weighted by Gasteiger charge is -2.12. The number of nitrogens with one attached hydrogen (secondary N) is 2. The standard InChI is InChI=1S/C21H12Cl2N4O4S3/c22-14-8-12(25-21(29)26-34(30,31)19-4-3-18(23)33-19)1-2-16(14)27-6-5-11-7-15-17(32-10-24-15)9-13(11)20(27)28/h1-10H,(H2,25,26,29). The van der Waals surface area contributed by atoms with Crippen molar-refractivity contribution in [3.8, 4) is 5.69 Å². The van der Waals surface area contributed by atoms with Gasteiger partial charge < -0.3 is 5.32 Å². The van der Waals surface area contributed by atoms with Crippen molar-refractivity contribution in [2.45, 2.75) is 4.21 Å². The first-order valence-electron chi connectivity index (χ1n) is 9.49. The number of benzene rings is 2. The number of anilines is 1. The van der Waals surface area contributed by atoms with Gasteiger partial charge in [0, 0.05) is 17.3 Å². The molecule has 0 fully saturated rings. The Labute approximate surface area is 210 Å². The van der Waals surface area contributed by atoms with E-state index in [2.05, 4.69) is 10.3 Å². The molecule has 0 unspecified atom stereocenters. The zero-order chi connectivity index (χ0) is 24.0. The number of hydrogen-bond acceptors (Lipinski definition) is 7. The van der Waals surface area contributed by atoms with Crippen molar-refractivity contribution in [1.82, 2.24) is 14.3 Å². The van der Waals surface area contributed by atoms with Gasteiger partial charge in [0.2, 0.25) is 0 Å². The van der Waals surface area contributed by atoms with E-state index in [1.807, 2.05) is 10.8 Å². The normalized spacial score (nSPS) is 11.7. The Hall–Kier alpha value is -2.96. The number of sulfonamides is 1. The Morgan fingerprint density at radius 2 is 1.88 bits per heavy atom. The van der Waals surface area contributed by atoms with E-state index in [1.54, 1.807) is 29.9 Å². The second-order valence-corrected chi connectivity index (χ2v) is 12.0. The maximum atomic E-state index is 13.1. The van der Waals surface area contributed by atoms with E-state index < -0.39 is 16.1 Å². The molecule has 2 N–H and O–H groups in total. The van der Waals surface area contributed by atoms with E-state index in [0.717, 1.165) is 26.9 Å². The monoisotopic (exact) mass is 550 g/mol. The van der Waals surface area contributed by atoms with E-state index in [4.69, 9.17) is 23.2 Å². The van der Waals surface area contributed by atoms with Gasteiger partial charge in [-0.15, -0.1) is 22.7 Å². The highest BCUT2D eigenvalue weighted by molar-refractivity contribution is 7.92. The molecule has 0 saturated heterocycles. The minimum atomic E-state index is -4.07. The van der Waals surface area contributed by atoms with Gasteiger partial charge in [0.15, 0.2) is 0 Å². The van der Waals surface area contributed by atoms with Crippen molar-refractivity contribution < 1.29 is 13.2 Å². The highest BCUT2D eigenvalue weighted by atomic mass is 35.5. The van der Waals surface area contributed by atoms with E-state index >= 15 is 0 Å². The van der Waals surface area contributed by atoms with Crippen LogP contribution in [-0.4, -0.2) is 24.0 Å². The fourth-order valence-corrected chi connectivity index (χ4v) is 6.70. The number of thiazole rings is 1. The van der Waals surface area contributed by atoms with E-state index in [1.165, 1.54) is 40.2 Å². The number of carbonyl (C=O) groups is 1. The van der Waals surface area contributed by atoms with Crippen molar-refractivity contribution in [3.05, 3.63) is 80.0 Å². The van der Waals surface area contributed by atoms with Crippen LogP contribution in [0.2, 0.25) is 9.36 Å². The second-order valence-electron chi connectivity index (χ2n) is 7.03. The quantitative estimate of drug-likeness (QED) is 0.308. The Kier molecular flexibility index (Phi) is 5.82. The van der Waals surface area contributed by atoms with Crippen LogP contribution in [0.4, 0.5) is 10.5 Å². The molecule has 0 spiro atoms. The van der Waals surface area contributed by atoms with Gasteiger partial charge in [-0.05, 0) is 53.9 Å². The van der Waals surface area contributed by atoms with Crippen molar-refractivity contribution >= 4 is 88.6 Å². The molecule has 5 rings (SSSR count). The fourth-order valence-electron chi connectivity index (χ4n) is 3.34. The number of carbonyl (C=O) groups excluding carboxylic acids is 1. The van der Waals surface area contributed by atoms with Crippen LogP contribution in [0.3, 0.4) is 0 Å². The van der Waals surface area contributed by atoms with Gasteiger partial charge in [-0.3, -0.25) is 9.36 Å². The van der Waals surface area contributed by atoms with Gasteiger partial charge in [0.1, 0.15) is 4.21 Å². The van der Waals surface area contributed by atoms with Gasteiger partial charge in [-0.1, -0.05) is 23.2 Å². The SMILES string of the molecule is O=C(Nc1ccc(-n2ccc3cc4ncsc4cc3c2=O)c(Cl)c1)NS(=O)(=O)c1ccc(Cl)s1. The predicted octanol–water partition coefficient (Wildman–Crippen LogP) is 5.48. The largest absolute Gasteiger partial charge is 0.333 e. The van der Waals surface area contributed by atoms with E-state index in [0.29, 0.717) is 11.1 Å². The Morgan fingerprint density at radius 1 is 1.06 bits per heavy atom. The number of thiophene rings is 1. The number of fused-ring (bicyclic) bond motifs is 2. The molecule has 5 aromatic rings. The minimum absolute atomic E-state index is 0.0904. The van der Waals surface area contributed by atoms with Crippen LogP contribution in [0.5, 0.6) is 0 Å². The molecule has 0 aliphatic carbocycles. The number of amides is 2. The molecule has 13 heteroatoms. The summed E-state index contributed by atoms with van der Waals surface area (Å²) in [6, 6.07) is 11.7. The number of aromatic nitrogens is 2. The van der Waals surface area contributed by atoms with Crippen LogP contribution in [0, 0.1) is 0 Å². The number of nitrogens with zero attached hydrogens (tertiary/aromatic N) is 2. The van der Waals surface area contributed by atoms with Gasteiger partial charge >= 0.3 is 6.03 Å². The summed E-state index contributed by atoms with van der Waals surface area (Å²) >= 11 is 14.4. The molecule has 172 valence electrons. The molecule has 0 aliphatic rings. The van der Waals surface area contributed by atoms with Crippen LogP contribution >= 0.6 is 45.9 Å². The Morgan fingerprint density at radius 3 is 2.62 bits per heavy atom. The van der Waals surface area contributed by atoms with Gasteiger partial charge in [-0.25, -0.2) is 22.9 Å². The van der Waals surface area contributed by atoms with Crippen LogP contribution in [-0.2, 0) is 10.0 Å². The minimum Gasteiger partial charge on any atom is -0.307 e. The van der Waals surface area contributed by atoms with Crippen LogP contribution in [0.25, 0.3) is 26.7 Å². The van der Waals surface area contributed by atoms with Crippen molar-refractivity contribution in [3.63, 3.8) is 0 Å². The third kappa shape index (κ3) is 4.28. The van der Waals surface area contributed by atoms with Crippen molar-refractivity contribution in [2.75, 3.05) is 5.32 Å². The summed E-state index contributed by atoms with van der Waals surface area (Å²) in [7, 11) is -4.07. The maximum absolute atomic E-state index is 13.1. The number of halogens is 2. The maximum Gasteiger partial charge on any atom is 0.333 e. The molecule has 3 heterocycles. The average Bonchev–Trinajstić information content (AvgIpc) is 3.42. The molecule has 3 aromatic heterocycles. The van der Waals surface area contributed by atoms with E-state index in [9.17, 15) is 18.0 Å². The first-order valence-corrected chi connectivity index (χ1v) is 13.4. The average molecular weight is 551 g/mol. The summed E-state index contributed by atoms with van der Waals surface area (Å²) in [5.74, 6) is 0. The van der Waals surface area contributed by atoms with Gasteiger partial charge in [-0.2, -0.15) is 0 Å².